The molecule has 2 rings (SSSR count). The Kier molecular flexibility index (Phi) is 5.12. The minimum Gasteiger partial charge on any atom is -0.491 e. The van der Waals surface area contributed by atoms with E-state index in [0.717, 1.165) is 19.3 Å². The van der Waals surface area contributed by atoms with Crippen LogP contribution >= 0.6 is 11.6 Å². The summed E-state index contributed by atoms with van der Waals surface area (Å²) < 4.78 is 5.67. The van der Waals surface area contributed by atoms with Crippen LogP contribution in [0.25, 0.3) is 10.9 Å². The average Bonchev–Trinajstić information content (AvgIpc) is 2.46. The number of nitro groups is 1. The highest BCUT2D eigenvalue weighted by Gasteiger charge is 2.15. The zero-order chi connectivity index (χ0) is 14.4. The maximum absolute atomic E-state index is 11.0. The molecule has 0 N–H and O–H groups in total. The third-order valence-corrected chi connectivity index (χ3v) is 3.21. The van der Waals surface area contributed by atoms with Gasteiger partial charge in [-0.3, -0.25) is 15.1 Å². The second-order valence-electron chi connectivity index (χ2n) is 4.34. The van der Waals surface area contributed by atoms with E-state index in [2.05, 4.69) is 4.98 Å². The number of pyridine rings is 1. The second-order valence-corrected chi connectivity index (χ2v) is 4.72. The van der Waals surface area contributed by atoms with Crippen LogP contribution in [0.15, 0.2) is 30.5 Å². The molecule has 0 aliphatic heterocycles. The van der Waals surface area contributed by atoms with Crippen molar-refractivity contribution >= 4 is 28.2 Å². The molecule has 0 saturated heterocycles. The second kappa shape index (κ2) is 7.05. The van der Waals surface area contributed by atoms with Gasteiger partial charge >= 0.3 is 0 Å². The fraction of sp³-hybridized carbons (Fsp3) is 0.357. The topological polar surface area (TPSA) is 65.3 Å². The number of halogens is 1. The number of nitro benzene ring substituents is 1. The number of nitrogens with zero attached hydrogens (tertiary/aromatic N) is 2. The number of hydrogen-bond acceptors (Lipinski definition) is 4. The third kappa shape index (κ3) is 3.36. The molecule has 1 heterocycles. The van der Waals surface area contributed by atoms with E-state index in [9.17, 15) is 10.1 Å². The van der Waals surface area contributed by atoms with Crippen LogP contribution in [0, 0.1) is 10.1 Å². The van der Waals surface area contributed by atoms with Crippen molar-refractivity contribution in [3.05, 3.63) is 40.6 Å². The summed E-state index contributed by atoms with van der Waals surface area (Å²) in [5.74, 6) is 1.24. The lowest BCUT2D eigenvalue weighted by molar-refractivity contribution is -0.383. The summed E-state index contributed by atoms with van der Waals surface area (Å²) >= 11 is 5.61. The normalized spacial score (nSPS) is 10.7. The predicted octanol–water partition coefficient (Wildman–Crippen LogP) is 3.93. The highest BCUT2D eigenvalue weighted by Crippen LogP contribution is 2.31. The summed E-state index contributed by atoms with van der Waals surface area (Å²) in [4.78, 5) is 14.8. The first-order valence-electron chi connectivity index (χ1n) is 6.45. The predicted molar refractivity (Wildman–Crippen MR) is 78.5 cm³/mol. The molecule has 0 spiro atoms. The first-order valence-corrected chi connectivity index (χ1v) is 6.98. The molecular formula is C14H15ClN2O3. The van der Waals surface area contributed by atoms with Crippen molar-refractivity contribution in [1.29, 1.82) is 0 Å². The fourth-order valence-corrected chi connectivity index (χ4v) is 2.15. The van der Waals surface area contributed by atoms with Gasteiger partial charge in [0.1, 0.15) is 11.3 Å². The number of aromatic nitrogens is 1. The molecule has 1 aromatic carbocycles. The van der Waals surface area contributed by atoms with Crippen molar-refractivity contribution in [3.63, 3.8) is 0 Å². The molecule has 0 aliphatic carbocycles. The highest BCUT2D eigenvalue weighted by atomic mass is 35.5. The van der Waals surface area contributed by atoms with Crippen LogP contribution in [-0.2, 0) is 0 Å². The van der Waals surface area contributed by atoms with E-state index in [1.165, 1.54) is 6.07 Å². The number of fused-ring (bicyclic) bond motifs is 1. The fourth-order valence-electron chi connectivity index (χ4n) is 1.96. The van der Waals surface area contributed by atoms with Crippen molar-refractivity contribution < 1.29 is 9.66 Å². The summed E-state index contributed by atoms with van der Waals surface area (Å²) in [6, 6.07) is 6.42. The van der Waals surface area contributed by atoms with Gasteiger partial charge in [0.05, 0.1) is 16.9 Å². The number of hydrogen-bond donors (Lipinski definition) is 0. The molecule has 0 radical (unpaired) electrons. The number of alkyl halides is 1. The minimum absolute atomic E-state index is 0.0441. The quantitative estimate of drug-likeness (QED) is 0.336. The molecule has 0 unspecified atom stereocenters. The Morgan fingerprint density at radius 3 is 2.85 bits per heavy atom. The largest absolute Gasteiger partial charge is 0.491 e. The van der Waals surface area contributed by atoms with E-state index < -0.39 is 4.92 Å². The average molecular weight is 295 g/mol. The summed E-state index contributed by atoms with van der Waals surface area (Å²) in [7, 11) is 0. The van der Waals surface area contributed by atoms with Gasteiger partial charge in [0.2, 0.25) is 0 Å². The first kappa shape index (κ1) is 14.5. The summed E-state index contributed by atoms with van der Waals surface area (Å²) in [5.41, 5.74) is 0.571. The van der Waals surface area contributed by atoms with E-state index >= 15 is 0 Å². The van der Waals surface area contributed by atoms with Gasteiger partial charge in [-0.15, -0.1) is 11.6 Å². The molecule has 0 fully saturated rings. The number of benzene rings is 1. The van der Waals surface area contributed by atoms with Gasteiger partial charge in [-0.25, -0.2) is 0 Å². The molecule has 0 saturated carbocycles. The Bertz CT molecular complexity index is 604. The lowest BCUT2D eigenvalue weighted by Crippen LogP contribution is -2.00. The number of rotatable bonds is 7. The van der Waals surface area contributed by atoms with E-state index in [1.54, 1.807) is 24.4 Å². The third-order valence-electron chi connectivity index (χ3n) is 2.94. The Hall–Kier alpha value is -1.88. The van der Waals surface area contributed by atoms with Crippen molar-refractivity contribution in [2.24, 2.45) is 0 Å². The molecule has 0 bridgehead atoms. The molecular weight excluding hydrogens is 280 g/mol. The molecule has 2 aromatic rings. The Labute approximate surface area is 121 Å². The standard InChI is InChI=1S/C14H15ClN2O3/c15-8-2-1-3-10-20-13-7-6-12(17(18)19)11-5-4-9-16-14(11)13/h4-7,9H,1-3,8,10H2. The van der Waals surface area contributed by atoms with Gasteiger partial charge in [0.25, 0.3) is 5.69 Å². The molecule has 5 nitrogen and oxygen atoms in total. The molecule has 20 heavy (non-hydrogen) atoms. The van der Waals surface area contributed by atoms with Crippen molar-refractivity contribution in [2.75, 3.05) is 12.5 Å². The van der Waals surface area contributed by atoms with Crippen LogP contribution < -0.4 is 4.74 Å². The summed E-state index contributed by atoms with van der Waals surface area (Å²) in [6.45, 7) is 0.556. The number of unbranched alkanes of at least 4 members (excludes halogenated alkanes) is 2. The first-order chi connectivity index (χ1) is 9.74. The zero-order valence-electron chi connectivity index (χ0n) is 10.9. The lowest BCUT2D eigenvalue weighted by Gasteiger charge is -2.08. The van der Waals surface area contributed by atoms with Crippen LogP contribution in [0.1, 0.15) is 19.3 Å². The molecule has 0 atom stereocenters. The van der Waals surface area contributed by atoms with Crippen LogP contribution in [0.2, 0.25) is 0 Å². The molecule has 0 aliphatic rings. The SMILES string of the molecule is O=[N+]([O-])c1ccc(OCCCCCCl)c2ncccc12. The minimum atomic E-state index is -0.408. The van der Waals surface area contributed by atoms with Crippen LogP contribution in [0.4, 0.5) is 5.69 Å². The molecule has 1 aromatic heterocycles. The van der Waals surface area contributed by atoms with Crippen LogP contribution in [-0.4, -0.2) is 22.4 Å². The van der Waals surface area contributed by atoms with E-state index in [-0.39, 0.29) is 5.69 Å². The van der Waals surface area contributed by atoms with Gasteiger partial charge in [-0.05, 0) is 37.5 Å². The molecule has 106 valence electrons. The highest BCUT2D eigenvalue weighted by molar-refractivity contribution is 6.17. The number of ether oxygens (including phenoxy) is 1. The van der Waals surface area contributed by atoms with Crippen molar-refractivity contribution in [2.45, 2.75) is 19.3 Å². The lowest BCUT2D eigenvalue weighted by atomic mass is 10.1. The van der Waals surface area contributed by atoms with Crippen LogP contribution in [0.5, 0.6) is 5.75 Å². The Morgan fingerprint density at radius 2 is 2.10 bits per heavy atom. The Balaban J connectivity index is 2.18. The monoisotopic (exact) mass is 294 g/mol. The van der Waals surface area contributed by atoms with Gasteiger partial charge in [0, 0.05) is 18.1 Å². The number of non-ortho nitro benzene ring substituents is 1. The maximum atomic E-state index is 11.0. The Morgan fingerprint density at radius 1 is 1.25 bits per heavy atom. The van der Waals surface area contributed by atoms with Gasteiger partial charge in [0.15, 0.2) is 0 Å². The van der Waals surface area contributed by atoms with E-state index in [1.807, 2.05) is 0 Å². The maximum Gasteiger partial charge on any atom is 0.279 e. The van der Waals surface area contributed by atoms with Gasteiger partial charge in [-0.2, -0.15) is 0 Å². The van der Waals surface area contributed by atoms with Gasteiger partial charge in [-0.1, -0.05) is 0 Å². The molecule has 0 amide bonds. The van der Waals surface area contributed by atoms with Gasteiger partial charge < -0.3 is 4.74 Å². The summed E-state index contributed by atoms with van der Waals surface area (Å²) in [5, 5.41) is 11.5. The zero-order valence-corrected chi connectivity index (χ0v) is 11.7. The molecule has 6 heteroatoms. The smallest absolute Gasteiger partial charge is 0.279 e. The van der Waals surface area contributed by atoms with Crippen molar-refractivity contribution in [1.82, 2.24) is 4.98 Å². The summed E-state index contributed by atoms with van der Waals surface area (Å²) in [6.07, 6.45) is 4.47. The van der Waals surface area contributed by atoms with E-state index in [0.29, 0.717) is 29.1 Å². The van der Waals surface area contributed by atoms with E-state index in [4.69, 9.17) is 16.3 Å². The van der Waals surface area contributed by atoms with Crippen LogP contribution in [0.3, 0.4) is 0 Å². The van der Waals surface area contributed by atoms with Crippen molar-refractivity contribution in [3.8, 4) is 5.75 Å².